The zero-order valence-corrected chi connectivity index (χ0v) is 16.9. The van der Waals surface area contributed by atoms with Crippen molar-refractivity contribution in [2.45, 2.75) is 52.2 Å². The van der Waals surface area contributed by atoms with Crippen molar-refractivity contribution in [2.75, 3.05) is 13.2 Å². The van der Waals surface area contributed by atoms with Crippen molar-refractivity contribution in [2.24, 2.45) is 0 Å². The van der Waals surface area contributed by atoms with Crippen molar-refractivity contribution in [1.29, 1.82) is 0 Å². The van der Waals surface area contributed by atoms with Crippen LogP contribution in [0.3, 0.4) is 0 Å². The van der Waals surface area contributed by atoms with Gasteiger partial charge in [0.2, 0.25) is 0 Å². The van der Waals surface area contributed by atoms with Gasteiger partial charge in [-0.25, -0.2) is 0 Å². The minimum atomic E-state index is 0.354. The average molecular weight is 416 g/mol. The van der Waals surface area contributed by atoms with Crippen LogP contribution in [0.4, 0.5) is 0 Å². The van der Waals surface area contributed by atoms with E-state index in [0.29, 0.717) is 6.10 Å². The van der Waals surface area contributed by atoms with Crippen molar-refractivity contribution >= 4 is 15.9 Å². The molecule has 1 saturated heterocycles. The molecule has 2 heterocycles. The van der Waals surface area contributed by atoms with Gasteiger partial charge in [-0.1, -0.05) is 46.3 Å². The normalized spacial score (nSPS) is 19.3. The molecule has 1 atom stereocenters. The highest BCUT2D eigenvalue weighted by Crippen LogP contribution is 2.27. The smallest absolute Gasteiger partial charge is 0.0728 e. The monoisotopic (exact) mass is 415 g/mol. The summed E-state index contributed by atoms with van der Waals surface area (Å²) in [6.07, 6.45) is 2.70. The Hall–Kier alpha value is -1.20. The first-order chi connectivity index (χ1) is 12.7. The predicted octanol–water partition coefficient (Wildman–Crippen LogP) is 4.97. The van der Waals surface area contributed by atoms with E-state index in [1.807, 2.05) is 0 Å². The van der Waals surface area contributed by atoms with E-state index in [-0.39, 0.29) is 0 Å². The number of benzene rings is 2. The minimum absolute atomic E-state index is 0.354. The molecule has 3 nitrogen and oxygen atoms in total. The zero-order chi connectivity index (χ0) is 17.9. The SMILES string of the molecule is Cc1ccc(CN(Cc2cccc3c2COC3)CC2CCCO2)c(Br)c1. The van der Waals surface area contributed by atoms with Crippen molar-refractivity contribution in [1.82, 2.24) is 4.90 Å². The summed E-state index contributed by atoms with van der Waals surface area (Å²) in [4.78, 5) is 2.53. The van der Waals surface area contributed by atoms with Crippen LogP contribution in [0, 0.1) is 6.92 Å². The molecular weight excluding hydrogens is 390 g/mol. The van der Waals surface area contributed by atoms with E-state index < -0.39 is 0 Å². The van der Waals surface area contributed by atoms with Crippen molar-refractivity contribution < 1.29 is 9.47 Å². The average Bonchev–Trinajstić information content (AvgIpc) is 3.29. The first-order valence-corrected chi connectivity index (χ1v) is 10.2. The topological polar surface area (TPSA) is 21.7 Å². The molecule has 0 N–H and O–H groups in total. The van der Waals surface area contributed by atoms with Crippen LogP contribution in [0.2, 0.25) is 0 Å². The van der Waals surface area contributed by atoms with Gasteiger partial charge in [0.05, 0.1) is 19.3 Å². The lowest BCUT2D eigenvalue weighted by Crippen LogP contribution is -2.32. The Morgan fingerprint density at radius 2 is 2.00 bits per heavy atom. The van der Waals surface area contributed by atoms with Crippen LogP contribution >= 0.6 is 15.9 Å². The third kappa shape index (κ3) is 4.20. The van der Waals surface area contributed by atoms with E-state index in [1.165, 1.54) is 45.1 Å². The van der Waals surface area contributed by atoms with E-state index in [0.717, 1.165) is 39.5 Å². The maximum Gasteiger partial charge on any atom is 0.0728 e. The fraction of sp³-hybridized carbons (Fsp3) is 0.455. The highest BCUT2D eigenvalue weighted by Gasteiger charge is 2.22. The summed E-state index contributed by atoms with van der Waals surface area (Å²) in [5, 5.41) is 0. The first kappa shape index (κ1) is 18.2. The van der Waals surface area contributed by atoms with Crippen LogP contribution in [0.1, 0.15) is 40.7 Å². The molecule has 0 aromatic heterocycles. The fourth-order valence-corrected chi connectivity index (χ4v) is 4.56. The molecule has 26 heavy (non-hydrogen) atoms. The molecule has 0 amide bonds. The highest BCUT2D eigenvalue weighted by atomic mass is 79.9. The number of halogens is 1. The first-order valence-electron chi connectivity index (χ1n) is 9.45. The molecule has 2 aliphatic heterocycles. The summed E-state index contributed by atoms with van der Waals surface area (Å²) in [6.45, 7) is 7.36. The molecule has 138 valence electrons. The molecule has 0 spiro atoms. The fourth-order valence-electron chi connectivity index (χ4n) is 3.94. The Morgan fingerprint density at radius 1 is 1.12 bits per heavy atom. The van der Waals surface area contributed by atoms with E-state index >= 15 is 0 Å². The van der Waals surface area contributed by atoms with Gasteiger partial charge in [0.15, 0.2) is 0 Å². The Bertz CT molecular complexity index is 771. The van der Waals surface area contributed by atoms with E-state index in [4.69, 9.17) is 9.47 Å². The van der Waals surface area contributed by atoms with Crippen LogP contribution in [0.25, 0.3) is 0 Å². The number of fused-ring (bicyclic) bond motifs is 1. The molecule has 4 rings (SSSR count). The van der Waals surface area contributed by atoms with E-state index in [9.17, 15) is 0 Å². The number of hydrogen-bond acceptors (Lipinski definition) is 3. The number of hydrogen-bond donors (Lipinski definition) is 0. The molecule has 1 unspecified atom stereocenters. The summed E-state index contributed by atoms with van der Waals surface area (Å²) >= 11 is 3.75. The van der Waals surface area contributed by atoms with Gasteiger partial charge < -0.3 is 9.47 Å². The number of rotatable bonds is 6. The van der Waals surface area contributed by atoms with Gasteiger partial charge in [-0.2, -0.15) is 0 Å². The van der Waals surface area contributed by atoms with Crippen LogP contribution in [0.15, 0.2) is 40.9 Å². The third-order valence-corrected chi connectivity index (χ3v) is 6.09. The Morgan fingerprint density at radius 3 is 2.81 bits per heavy atom. The molecule has 2 aromatic rings. The van der Waals surface area contributed by atoms with Gasteiger partial charge in [-0.05, 0) is 53.6 Å². The molecule has 0 bridgehead atoms. The molecule has 2 aliphatic rings. The van der Waals surface area contributed by atoms with Crippen LogP contribution in [0.5, 0.6) is 0 Å². The lowest BCUT2D eigenvalue weighted by atomic mass is 10.0. The predicted molar refractivity (Wildman–Crippen MR) is 107 cm³/mol. The maximum absolute atomic E-state index is 5.92. The second-order valence-electron chi connectivity index (χ2n) is 7.45. The number of nitrogens with zero attached hydrogens (tertiary/aromatic N) is 1. The van der Waals surface area contributed by atoms with Crippen molar-refractivity contribution in [3.8, 4) is 0 Å². The molecule has 4 heteroatoms. The van der Waals surface area contributed by atoms with Gasteiger partial charge in [0, 0.05) is 30.7 Å². The Labute approximate surface area is 164 Å². The second kappa shape index (κ2) is 8.22. The minimum Gasteiger partial charge on any atom is -0.377 e. The van der Waals surface area contributed by atoms with Gasteiger partial charge in [0.25, 0.3) is 0 Å². The molecular formula is C22H26BrNO2. The standard InChI is InChI=1S/C22H26BrNO2/c1-16-7-8-18(22(23)10-16)12-24(13-20-6-3-9-26-20)11-17-4-2-5-19-14-25-15-21(17)19/h2,4-5,7-8,10,20H,3,6,9,11-15H2,1H3. The lowest BCUT2D eigenvalue weighted by Gasteiger charge is -2.27. The number of aryl methyl sites for hydroxylation is 1. The van der Waals surface area contributed by atoms with Crippen LogP contribution in [-0.2, 0) is 35.8 Å². The van der Waals surface area contributed by atoms with Crippen molar-refractivity contribution in [3.05, 3.63) is 68.7 Å². The molecule has 0 aliphatic carbocycles. The van der Waals surface area contributed by atoms with Gasteiger partial charge in [-0.15, -0.1) is 0 Å². The summed E-state index contributed by atoms with van der Waals surface area (Å²) in [5.41, 5.74) is 6.73. The van der Waals surface area contributed by atoms with Gasteiger partial charge >= 0.3 is 0 Å². The summed E-state index contributed by atoms with van der Waals surface area (Å²) in [6, 6.07) is 13.2. The van der Waals surface area contributed by atoms with Gasteiger partial charge in [-0.3, -0.25) is 4.90 Å². The summed E-state index contributed by atoms with van der Waals surface area (Å²) in [5.74, 6) is 0. The van der Waals surface area contributed by atoms with Crippen molar-refractivity contribution in [3.63, 3.8) is 0 Å². The third-order valence-electron chi connectivity index (χ3n) is 5.36. The zero-order valence-electron chi connectivity index (χ0n) is 15.3. The molecule has 1 fully saturated rings. The quantitative estimate of drug-likeness (QED) is 0.664. The largest absolute Gasteiger partial charge is 0.377 e. The second-order valence-corrected chi connectivity index (χ2v) is 8.30. The van der Waals surface area contributed by atoms with E-state index in [1.54, 1.807) is 0 Å². The molecule has 2 aromatic carbocycles. The van der Waals surface area contributed by atoms with Gasteiger partial charge in [0.1, 0.15) is 0 Å². The number of ether oxygens (including phenoxy) is 2. The molecule has 0 saturated carbocycles. The van der Waals surface area contributed by atoms with E-state index in [2.05, 4.69) is 64.2 Å². The Kier molecular flexibility index (Phi) is 5.75. The summed E-state index contributed by atoms with van der Waals surface area (Å²) in [7, 11) is 0. The van der Waals surface area contributed by atoms with Crippen LogP contribution < -0.4 is 0 Å². The summed E-state index contributed by atoms with van der Waals surface area (Å²) < 4.78 is 12.8. The molecule has 0 radical (unpaired) electrons. The maximum atomic E-state index is 5.92. The van der Waals surface area contributed by atoms with Crippen LogP contribution in [-0.4, -0.2) is 24.2 Å². The highest BCUT2D eigenvalue weighted by molar-refractivity contribution is 9.10. The Balaban J connectivity index is 1.55. The lowest BCUT2D eigenvalue weighted by molar-refractivity contribution is 0.0675.